The summed E-state index contributed by atoms with van der Waals surface area (Å²) in [7, 11) is 0. The minimum Gasteiger partial charge on any atom is -0.493 e. The first kappa shape index (κ1) is 21.3. The van der Waals surface area contributed by atoms with Crippen molar-refractivity contribution in [3.05, 3.63) is 65.2 Å². The molecule has 3 N–H and O–H groups in total. The molecular weight excluding hydrogens is 396 g/mol. The molecule has 1 saturated carbocycles. The standard InChI is InChI=1S/C24H28N2O5/c1-15(17-8-10-20(11-9-17)31-14-16-6-7-16)25-23(29)21(27)22(28)24(30)26-12-18-4-2-3-5-19(18)13-26/h2-5,8-11,15-16,21-22,27-28H,6-7,12-14H2,1H3,(H,25,29)/t15-,21-,22-/m1/s1. The molecule has 0 bridgehead atoms. The van der Waals surface area contributed by atoms with Gasteiger partial charge in [0.15, 0.2) is 12.2 Å². The van der Waals surface area contributed by atoms with Gasteiger partial charge in [0.1, 0.15) is 5.75 Å². The monoisotopic (exact) mass is 424 g/mol. The molecule has 7 heteroatoms. The Morgan fingerprint density at radius 1 is 1.03 bits per heavy atom. The second kappa shape index (κ2) is 9.08. The number of rotatable bonds is 8. The lowest BCUT2D eigenvalue weighted by molar-refractivity contribution is -0.153. The number of carbonyl (C=O) groups is 2. The van der Waals surface area contributed by atoms with Gasteiger partial charge in [0.25, 0.3) is 11.8 Å². The summed E-state index contributed by atoms with van der Waals surface area (Å²) in [6.45, 7) is 3.21. The Labute approximate surface area is 181 Å². The van der Waals surface area contributed by atoms with E-state index in [4.69, 9.17) is 4.74 Å². The topological polar surface area (TPSA) is 99.1 Å². The van der Waals surface area contributed by atoms with Gasteiger partial charge in [-0.05, 0) is 54.5 Å². The van der Waals surface area contributed by atoms with E-state index < -0.39 is 30.1 Å². The fraction of sp³-hybridized carbons (Fsp3) is 0.417. The van der Waals surface area contributed by atoms with Crippen molar-refractivity contribution in [2.45, 2.75) is 51.1 Å². The van der Waals surface area contributed by atoms with Crippen molar-refractivity contribution in [3.63, 3.8) is 0 Å². The van der Waals surface area contributed by atoms with Crippen molar-refractivity contribution < 1.29 is 24.5 Å². The SMILES string of the molecule is C[C@@H](NC(=O)[C@H](O)[C@@H](O)C(=O)N1Cc2ccccc2C1)c1ccc(OCC2CC2)cc1. The highest BCUT2D eigenvalue weighted by atomic mass is 16.5. The lowest BCUT2D eigenvalue weighted by Crippen LogP contribution is -2.50. The van der Waals surface area contributed by atoms with Crippen LogP contribution in [-0.2, 0) is 22.7 Å². The number of carbonyl (C=O) groups excluding carboxylic acids is 2. The average molecular weight is 424 g/mol. The highest BCUT2D eigenvalue weighted by Gasteiger charge is 2.35. The van der Waals surface area contributed by atoms with E-state index >= 15 is 0 Å². The summed E-state index contributed by atoms with van der Waals surface area (Å²) >= 11 is 0. The molecule has 7 nitrogen and oxygen atoms in total. The summed E-state index contributed by atoms with van der Waals surface area (Å²) in [5.74, 6) is -0.00660. The third-order valence-corrected chi connectivity index (χ3v) is 5.89. The Kier molecular flexibility index (Phi) is 6.25. The van der Waals surface area contributed by atoms with Crippen LogP contribution in [0.5, 0.6) is 5.75 Å². The maximum absolute atomic E-state index is 12.6. The van der Waals surface area contributed by atoms with E-state index in [0.29, 0.717) is 19.0 Å². The van der Waals surface area contributed by atoms with Gasteiger partial charge in [-0.15, -0.1) is 0 Å². The van der Waals surface area contributed by atoms with Gasteiger partial charge in [-0.1, -0.05) is 36.4 Å². The number of fused-ring (bicyclic) bond motifs is 1. The lowest BCUT2D eigenvalue weighted by atomic mass is 10.1. The highest BCUT2D eigenvalue weighted by Crippen LogP contribution is 2.30. The average Bonchev–Trinajstić information content (AvgIpc) is 3.52. The van der Waals surface area contributed by atoms with Gasteiger partial charge >= 0.3 is 0 Å². The molecule has 2 aromatic rings. The molecule has 4 rings (SSSR count). The van der Waals surface area contributed by atoms with E-state index in [1.54, 1.807) is 6.92 Å². The number of nitrogens with one attached hydrogen (secondary N) is 1. The van der Waals surface area contributed by atoms with Gasteiger partial charge in [-0.2, -0.15) is 0 Å². The molecule has 3 atom stereocenters. The molecule has 31 heavy (non-hydrogen) atoms. The van der Waals surface area contributed by atoms with Crippen LogP contribution < -0.4 is 10.1 Å². The maximum Gasteiger partial charge on any atom is 0.255 e. The van der Waals surface area contributed by atoms with Gasteiger partial charge in [0.05, 0.1) is 12.6 Å². The summed E-state index contributed by atoms with van der Waals surface area (Å²) < 4.78 is 5.71. The van der Waals surface area contributed by atoms with Gasteiger partial charge in [-0.25, -0.2) is 0 Å². The van der Waals surface area contributed by atoms with E-state index in [1.165, 1.54) is 17.7 Å². The summed E-state index contributed by atoms with van der Waals surface area (Å²) in [6, 6.07) is 14.6. The van der Waals surface area contributed by atoms with Crippen LogP contribution in [0, 0.1) is 5.92 Å². The largest absolute Gasteiger partial charge is 0.493 e. The van der Waals surface area contributed by atoms with Crippen molar-refractivity contribution in [1.82, 2.24) is 10.2 Å². The zero-order valence-corrected chi connectivity index (χ0v) is 17.5. The maximum atomic E-state index is 12.6. The van der Waals surface area contributed by atoms with E-state index in [2.05, 4.69) is 5.32 Å². The van der Waals surface area contributed by atoms with Crippen molar-refractivity contribution >= 4 is 11.8 Å². The van der Waals surface area contributed by atoms with Gasteiger partial charge in [-0.3, -0.25) is 9.59 Å². The van der Waals surface area contributed by atoms with Crippen molar-refractivity contribution in [1.29, 1.82) is 0 Å². The van der Waals surface area contributed by atoms with Crippen LogP contribution in [-0.4, -0.2) is 45.7 Å². The Morgan fingerprint density at radius 3 is 2.23 bits per heavy atom. The fourth-order valence-corrected chi connectivity index (χ4v) is 3.69. The molecule has 1 aliphatic heterocycles. The molecule has 2 aliphatic rings. The number of aliphatic hydroxyl groups is 2. The molecule has 2 aromatic carbocycles. The number of nitrogens with zero attached hydrogens (tertiary/aromatic N) is 1. The summed E-state index contributed by atoms with van der Waals surface area (Å²) in [6.07, 6.45) is -1.22. The molecule has 1 heterocycles. The molecule has 1 fully saturated rings. The Bertz CT molecular complexity index is 916. The quantitative estimate of drug-likeness (QED) is 0.601. The highest BCUT2D eigenvalue weighted by molar-refractivity contribution is 5.91. The number of benzene rings is 2. The van der Waals surface area contributed by atoms with Crippen LogP contribution in [0.25, 0.3) is 0 Å². The number of ether oxygens (including phenoxy) is 1. The van der Waals surface area contributed by atoms with Crippen molar-refractivity contribution in [2.75, 3.05) is 6.61 Å². The van der Waals surface area contributed by atoms with Crippen LogP contribution in [0.15, 0.2) is 48.5 Å². The third kappa shape index (κ3) is 5.06. The first-order valence-electron chi connectivity index (χ1n) is 10.7. The summed E-state index contributed by atoms with van der Waals surface area (Å²) in [5, 5.41) is 23.2. The predicted molar refractivity (Wildman–Crippen MR) is 114 cm³/mol. The zero-order chi connectivity index (χ0) is 22.0. The predicted octanol–water partition coefficient (Wildman–Crippen LogP) is 1.92. The zero-order valence-electron chi connectivity index (χ0n) is 17.5. The number of aliphatic hydroxyl groups excluding tert-OH is 2. The molecule has 2 amide bonds. The molecule has 0 aromatic heterocycles. The minimum absolute atomic E-state index is 0.353. The van der Waals surface area contributed by atoms with Gasteiger partial charge in [0, 0.05) is 13.1 Å². The number of amides is 2. The van der Waals surface area contributed by atoms with Crippen LogP contribution in [0.1, 0.15) is 42.5 Å². The van der Waals surface area contributed by atoms with Crippen molar-refractivity contribution in [2.24, 2.45) is 5.92 Å². The van der Waals surface area contributed by atoms with Gasteiger partial charge in [0.2, 0.25) is 0 Å². The summed E-state index contributed by atoms with van der Waals surface area (Å²) in [5.41, 5.74) is 2.83. The molecule has 0 unspecified atom stereocenters. The number of hydrogen-bond acceptors (Lipinski definition) is 5. The summed E-state index contributed by atoms with van der Waals surface area (Å²) in [4.78, 5) is 26.5. The minimum atomic E-state index is -1.85. The van der Waals surface area contributed by atoms with E-state index in [0.717, 1.165) is 29.0 Å². The lowest BCUT2D eigenvalue weighted by Gasteiger charge is -2.24. The van der Waals surface area contributed by atoms with Crippen LogP contribution in [0.4, 0.5) is 0 Å². The molecule has 1 aliphatic carbocycles. The Balaban J connectivity index is 1.29. The van der Waals surface area contributed by atoms with E-state index in [1.807, 2.05) is 48.5 Å². The van der Waals surface area contributed by atoms with Crippen LogP contribution in [0.3, 0.4) is 0 Å². The molecule has 0 spiro atoms. The Morgan fingerprint density at radius 2 is 1.65 bits per heavy atom. The normalized spacial score (nSPS) is 18.1. The fourth-order valence-electron chi connectivity index (χ4n) is 3.69. The molecule has 164 valence electrons. The van der Waals surface area contributed by atoms with E-state index in [9.17, 15) is 19.8 Å². The molecular formula is C24H28N2O5. The number of hydrogen-bond donors (Lipinski definition) is 3. The van der Waals surface area contributed by atoms with Crippen LogP contribution in [0.2, 0.25) is 0 Å². The first-order valence-corrected chi connectivity index (χ1v) is 10.7. The second-order valence-electron chi connectivity index (χ2n) is 8.41. The van der Waals surface area contributed by atoms with Crippen molar-refractivity contribution in [3.8, 4) is 5.75 Å². The Hall–Kier alpha value is -2.90. The first-order chi connectivity index (χ1) is 14.9. The van der Waals surface area contributed by atoms with E-state index in [-0.39, 0.29) is 0 Å². The molecule has 0 saturated heterocycles. The molecule has 0 radical (unpaired) electrons. The third-order valence-electron chi connectivity index (χ3n) is 5.89. The van der Waals surface area contributed by atoms with Crippen LogP contribution >= 0.6 is 0 Å². The van der Waals surface area contributed by atoms with Gasteiger partial charge < -0.3 is 25.2 Å². The smallest absolute Gasteiger partial charge is 0.255 e. The second-order valence-corrected chi connectivity index (χ2v) is 8.41.